The number of nitrogens with one attached hydrogen (secondary N) is 1. The van der Waals surface area contributed by atoms with Crippen LogP contribution in [0.4, 0.5) is 5.69 Å². The van der Waals surface area contributed by atoms with E-state index in [1.165, 1.54) is 56.1 Å². The van der Waals surface area contributed by atoms with E-state index >= 15 is 0 Å². The minimum atomic E-state index is -3.85. The molecule has 3 aromatic rings. The van der Waals surface area contributed by atoms with Crippen molar-refractivity contribution in [1.29, 1.82) is 0 Å². The van der Waals surface area contributed by atoms with Crippen LogP contribution in [0.1, 0.15) is 34.3 Å². The number of carbonyl (C=O) groups excluding carboxylic acids is 1. The summed E-state index contributed by atoms with van der Waals surface area (Å²) in [5.74, 6) is 0.542. The predicted octanol–water partition coefficient (Wildman–Crippen LogP) is 4.05. The van der Waals surface area contributed by atoms with E-state index in [4.69, 9.17) is 9.47 Å². The van der Waals surface area contributed by atoms with Crippen LogP contribution in [0, 0.1) is 0 Å². The summed E-state index contributed by atoms with van der Waals surface area (Å²) < 4.78 is 37.9. The number of rotatable bonds is 10. The van der Waals surface area contributed by atoms with Gasteiger partial charge in [-0.1, -0.05) is 24.3 Å². The molecule has 0 radical (unpaired) electrons. The first kappa shape index (κ1) is 26.5. The highest BCUT2D eigenvalue weighted by Gasteiger charge is 2.23. The zero-order valence-corrected chi connectivity index (χ0v) is 22.3. The normalized spacial score (nSPS) is 13.8. The van der Waals surface area contributed by atoms with Gasteiger partial charge in [0.25, 0.3) is 15.9 Å². The molecule has 0 saturated carbocycles. The molecular formula is C28H33N3O5S. The second-order valence-corrected chi connectivity index (χ2v) is 11.0. The van der Waals surface area contributed by atoms with Crippen molar-refractivity contribution in [3.63, 3.8) is 0 Å². The highest BCUT2D eigenvalue weighted by atomic mass is 32.2. The van der Waals surface area contributed by atoms with Crippen molar-refractivity contribution >= 4 is 21.6 Å². The Bertz CT molecular complexity index is 1320. The number of hydrogen-bond donors (Lipinski definition) is 1. The number of likely N-dealkylation sites (tertiary alicyclic amines) is 1. The molecule has 0 bridgehead atoms. The van der Waals surface area contributed by atoms with Gasteiger partial charge in [-0.15, -0.1) is 0 Å². The van der Waals surface area contributed by atoms with E-state index in [0.29, 0.717) is 29.3 Å². The zero-order valence-electron chi connectivity index (χ0n) is 21.4. The fraction of sp³-hybridized carbons (Fsp3) is 0.321. The summed E-state index contributed by atoms with van der Waals surface area (Å²) in [5.41, 5.74) is 3.18. The molecule has 0 spiro atoms. The number of amides is 1. The molecule has 1 aliphatic rings. The highest BCUT2D eigenvalue weighted by Crippen LogP contribution is 2.31. The van der Waals surface area contributed by atoms with Crippen LogP contribution in [-0.2, 0) is 23.1 Å². The fourth-order valence-electron chi connectivity index (χ4n) is 4.34. The summed E-state index contributed by atoms with van der Waals surface area (Å²) in [4.78, 5) is 15.2. The third-order valence-corrected chi connectivity index (χ3v) is 8.37. The van der Waals surface area contributed by atoms with Crippen molar-refractivity contribution in [2.75, 3.05) is 38.7 Å². The van der Waals surface area contributed by atoms with E-state index in [0.717, 1.165) is 25.2 Å². The number of methoxy groups -OCH3 is 2. The smallest absolute Gasteiger partial charge is 0.264 e. The number of nitrogens with zero attached hydrogens (tertiary/aromatic N) is 2. The molecule has 8 nitrogen and oxygen atoms in total. The van der Waals surface area contributed by atoms with Gasteiger partial charge >= 0.3 is 0 Å². The lowest BCUT2D eigenvalue weighted by Crippen LogP contribution is -2.27. The summed E-state index contributed by atoms with van der Waals surface area (Å²) in [5, 5.41) is 2.93. The quantitative estimate of drug-likeness (QED) is 0.431. The molecule has 0 aliphatic carbocycles. The van der Waals surface area contributed by atoms with E-state index in [-0.39, 0.29) is 10.8 Å². The highest BCUT2D eigenvalue weighted by molar-refractivity contribution is 7.92. The van der Waals surface area contributed by atoms with Gasteiger partial charge in [-0.25, -0.2) is 8.42 Å². The monoisotopic (exact) mass is 523 g/mol. The van der Waals surface area contributed by atoms with E-state index < -0.39 is 10.0 Å². The average molecular weight is 524 g/mol. The van der Waals surface area contributed by atoms with Crippen LogP contribution in [0.3, 0.4) is 0 Å². The lowest BCUT2D eigenvalue weighted by atomic mass is 10.1. The number of benzene rings is 3. The Morgan fingerprint density at radius 1 is 0.892 bits per heavy atom. The van der Waals surface area contributed by atoms with Gasteiger partial charge in [0.05, 0.1) is 24.8 Å². The Balaban J connectivity index is 1.36. The Labute approximate surface area is 218 Å². The van der Waals surface area contributed by atoms with E-state index in [2.05, 4.69) is 22.3 Å². The van der Waals surface area contributed by atoms with Crippen molar-refractivity contribution < 1.29 is 22.7 Å². The van der Waals surface area contributed by atoms with Gasteiger partial charge in [0, 0.05) is 31.8 Å². The topological polar surface area (TPSA) is 88.2 Å². The van der Waals surface area contributed by atoms with Crippen LogP contribution in [0.5, 0.6) is 11.5 Å². The number of sulfonamides is 1. The maximum absolute atomic E-state index is 13.1. The molecule has 0 atom stereocenters. The predicted molar refractivity (Wildman–Crippen MR) is 144 cm³/mol. The molecule has 0 aromatic heterocycles. The lowest BCUT2D eigenvalue weighted by Gasteiger charge is -2.20. The molecule has 1 saturated heterocycles. The molecule has 1 amide bonds. The third-order valence-electron chi connectivity index (χ3n) is 6.59. The van der Waals surface area contributed by atoms with E-state index in [9.17, 15) is 13.2 Å². The van der Waals surface area contributed by atoms with Crippen molar-refractivity contribution in [2.24, 2.45) is 0 Å². The molecule has 3 aromatic carbocycles. The van der Waals surface area contributed by atoms with Crippen LogP contribution in [0.25, 0.3) is 0 Å². The number of ether oxygens (including phenoxy) is 2. The Morgan fingerprint density at radius 3 is 2.14 bits per heavy atom. The molecule has 1 N–H and O–H groups in total. The zero-order chi connectivity index (χ0) is 26.4. The van der Waals surface area contributed by atoms with Crippen molar-refractivity contribution in [1.82, 2.24) is 10.2 Å². The molecule has 1 heterocycles. The standard InChI is InChI=1S/C28H33N3O5S/c1-30(37(33,34)25-14-15-26(35-2)27(18-25)36-3)24-12-10-23(11-13-24)28(32)29-19-21-6-8-22(9-7-21)20-31-16-4-5-17-31/h6-15,18H,4-5,16-17,19-20H2,1-3H3,(H,29,32). The van der Waals surface area contributed by atoms with Crippen LogP contribution in [-0.4, -0.2) is 53.6 Å². The maximum atomic E-state index is 13.1. The van der Waals surface area contributed by atoms with E-state index in [1.54, 1.807) is 30.3 Å². The Morgan fingerprint density at radius 2 is 1.51 bits per heavy atom. The molecule has 0 unspecified atom stereocenters. The SMILES string of the molecule is COc1ccc(S(=O)(=O)N(C)c2ccc(C(=O)NCc3ccc(CN4CCCC4)cc3)cc2)cc1OC. The lowest BCUT2D eigenvalue weighted by molar-refractivity contribution is 0.0951. The second kappa shape index (κ2) is 11.7. The summed E-state index contributed by atoms with van der Waals surface area (Å²) >= 11 is 0. The molecule has 1 aliphatic heterocycles. The average Bonchev–Trinajstić information content (AvgIpc) is 3.44. The van der Waals surface area contributed by atoms with Crippen molar-refractivity contribution in [3.8, 4) is 11.5 Å². The van der Waals surface area contributed by atoms with Crippen LogP contribution < -0.4 is 19.1 Å². The van der Waals surface area contributed by atoms with Crippen molar-refractivity contribution in [3.05, 3.63) is 83.4 Å². The van der Waals surface area contributed by atoms with Gasteiger partial charge in [-0.2, -0.15) is 0 Å². The number of anilines is 1. The van der Waals surface area contributed by atoms with Gasteiger partial charge in [-0.05, 0) is 73.5 Å². The van der Waals surface area contributed by atoms with Crippen LogP contribution in [0.2, 0.25) is 0 Å². The van der Waals surface area contributed by atoms with Gasteiger partial charge in [0.2, 0.25) is 0 Å². The fourth-order valence-corrected chi connectivity index (χ4v) is 5.55. The number of hydrogen-bond acceptors (Lipinski definition) is 6. The molecular weight excluding hydrogens is 490 g/mol. The van der Waals surface area contributed by atoms with Crippen molar-refractivity contribution in [2.45, 2.75) is 30.8 Å². The summed E-state index contributed by atoms with van der Waals surface area (Å²) in [7, 11) is 0.559. The molecule has 9 heteroatoms. The maximum Gasteiger partial charge on any atom is 0.264 e. The van der Waals surface area contributed by atoms with Gasteiger partial charge in [0.15, 0.2) is 11.5 Å². The van der Waals surface area contributed by atoms with E-state index in [1.807, 2.05) is 12.1 Å². The Hall–Kier alpha value is -3.56. The molecule has 196 valence electrons. The van der Waals surface area contributed by atoms with Crippen LogP contribution >= 0.6 is 0 Å². The summed E-state index contributed by atoms with van der Waals surface area (Å²) in [6.45, 7) is 3.70. The largest absolute Gasteiger partial charge is 0.493 e. The number of carbonyl (C=O) groups is 1. The first-order valence-electron chi connectivity index (χ1n) is 12.2. The molecule has 4 rings (SSSR count). The van der Waals surface area contributed by atoms with Gasteiger partial charge < -0.3 is 14.8 Å². The Kier molecular flexibility index (Phi) is 8.35. The van der Waals surface area contributed by atoms with Gasteiger partial charge in [-0.3, -0.25) is 14.0 Å². The first-order valence-corrected chi connectivity index (χ1v) is 13.6. The molecule has 37 heavy (non-hydrogen) atoms. The summed E-state index contributed by atoms with van der Waals surface area (Å²) in [6.07, 6.45) is 2.55. The minimum Gasteiger partial charge on any atom is -0.493 e. The van der Waals surface area contributed by atoms with Gasteiger partial charge in [0.1, 0.15) is 0 Å². The third kappa shape index (κ3) is 6.23. The first-order chi connectivity index (χ1) is 17.8. The second-order valence-electron chi connectivity index (χ2n) is 9.02. The minimum absolute atomic E-state index is 0.0703. The molecule has 1 fully saturated rings. The summed E-state index contributed by atoms with van der Waals surface area (Å²) in [6, 6.07) is 19.2. The van der Waals surface area contributed by atoms with Crippen LogP contribution in [0.15, 0.2) is 71.6 Å².